The van der Waals surface area contributed by atoms with Crippen LogP contribution < -0.4 is 10.1 Å². The summed E-state index contributed by atoms with van der Waals surface area (Å²) in [4.78, 5) is 11.9. The molecule has 1 aromatic carbocycles. The molecule has 0 bridgehead atoms. The quantitative estimate of drug-likeness (QED) is 0.854. The Morgan fingerprint density at radius 3 is 2.75 bits per heavy atom. The van der Waals surface area contributed by atoms with Crippen molar-refractivity contribution in [2.45, 2.75) is 38.6 Å². The third-order valence-electron chi connectivity index (χ3n) is 3.88. The molecule has 0 atom stereocenters. The molecule has 0 saturated heterocycles. The highest BCUT2D eigenvalue weighted by Crippen LogP contribution is 2.23. The number of carbonyl (C=O) groups excluding carboxylic acids is 1. The minimum absolute atomic E-state index is 0.00706. The maximum absolute atomic E-state index is 11.9. The van der Waals surface area contributed by atoms with E-state index in [1.807, 2.05) is 30.3 Å². The molecule has 0 radical (unpaired) electrons. The molecular formula is C17H23NO2. The Morgan fingerprint density at radius 1 is 1.30 bits per heavy atom. The lowest BCUT2D eigenvalue weighted by Crippen LogP contribution is -2.36. The Morgan fingerprint density at radius 2 is 2.05 bits per heavy atom. The first-order valence-corrected chi connectivity index (χ1v) is 7.30. The summed E-state index contributed by atoms with van der Waals surface area (Å²) in [5.74, 6) is 1.59. The van der Waals surface area contributed by atoms with Crippen molar-refractivity contribution >= 4 is 12.0 Å². The Hall–Kier alpha value is -1.77. The van der Waals surface area contributed by atoms with Crippen LogP contribution in [0.3, 0.4) is 0 Å². The van der Waals surface area contributed by atoms with E-state index in [2.05, 4.69) is 12.2 Å². The summed E-state index contributed by atoms with van der Waals surface area (Å²) in [5.41, 5.74) is 0.969. The van der Waals surface area contributed by atoms with Gasteiger partial charge in [0.2, 0.25) is 5.91 Å². The maximum atomic E-state index is 11.9. The lowest BCUT2D eigenvalue weighted by Gasteiger charge is -2.26. The van der Waals surface area contributed by atoms with Crippen molar-refractivity contribution in [2.24, 2.45) is 5.92 Å². The normalized spacial score (nSPS) is 22.7. The Bertz CT molecular complexity index is 474. The first-order chi connectivity index (χ1) is 9.67. The highest BCUT2D eigenvalue weighted by molar-refractivity contribution is 5.91. The van der Waals surface area contributed by atoms with Crippen molar-refractivity contribution in [3.8, 4) is 5.75 Å². The molecule has 1 aliphatic carbocycles. The Labute approximate surface area is 121 Å². The number of ether oxygens (including phenoxy) is 1. The van der Waals surface area contributed by atoms with Gasteiger partial charge in [-0.2, -0.15) is 0 Å². The SMILES string of the molecule is COc1cccc(/C=C/C(=O)NC2CCC(C)CC2)c1. The van der Waals surface area contributed by atoms with Crippen molar-refractivity contribution in [1.82, 2.24) is 5.32 Å². The molecule has 0 aliphatic heterocycles. The average Bonchev–Trinajstić information content (AvgIpc) is 2.48. The summed E-state index contributed by atoms with van der Waals surface area (Å²) in [5, 5.41) is 3.08. The molecule has 20 heavy (non-hydrogen) atoms. The van der Waals surface area contributed by atoms with Crippen LogP contribution in [0.15, 0.2) is 30.3 Å². The average molecular weight is 273 g/mol. The highest BCUT2D eigenvalue weighted by Gasteiger charge is 2.18. The predicted molar refractivity (Wildman–Crippen MR) is 81.6 cm³/mol. The minimum Gasteiger partial charge on any atom is -0.497 e. The molecule has 108 valence electrons. The third kappa shape index (κ3) is 4.41. The third-order valence-corrected chi connectivity index (χ3v) is 3.88. The van der Waals surface area contributed by atoms with Gasteiger partial charge in [0.1, 0.15) is 5.75 Å². The molecule has 0 spiro atoms. The number of hydrogen-bond acceptors (Lipinski definition) is 2. The van der Waals surface area contributed by atoms with Crippen LogP contribution in [0.2, 0.25) is 0 Å². The van der Waals surface area contributed by atoms with Gasteiger partial charge in [-0.15, -0.1) is 0 Å². The highest BCUT2D eigenvalue weighted by atomic mass is 16.5. The number of amides is 1. The number of methoxy groups -OCH3 is 1. The summed E-state index contributed by atoms with van der Waals surface area (Å²) < 4.78 is 5.16. The van der Waals surface area contributed by atoms with Crippen LogP contribution >= 0.6 is 0 Å². The molecule has 1 aromatic rings. The molecular weight excluding hydrogens is 250 g/mol. The van der Waals surface area contributed by atoms with Crippen molar-refractivity contribution in [2.75, 3.05) is 7.11 Å². The number of nitrogens with one attached hydrogen (secondary N) is 1. The van der Waals surface area contributed by atoms with E-state index in [0.29, 0.717) is 6.04 Å². The van der Waals surface area contributed by atoms with E-state index < -0.39 is 0 Å². The summed E-state index contributed by atoms with van der Waals surface area (Å²) in [7, 11) is 1.64. The fourth-order valence-corrected chi connectivity index (χ4v) is 2.57. The van der Waals surface area contributed by atoms with Crippen molar-refractivity contribution < 1.29 is 9.53 Å². The van der Waals surface area contributed by atoms with Gasteiger partial charge in [0.25, 0.3) is 0 Å². The lowest BCUT2D eigenvalue weighted by atomic mass is 9.87. The maximum Gasteiger partial charge on any atom is 0.244 e. The Kier molecular flexibility index (Phi) is 5.22. The molecule has 1 saturated carbocycles. The van der Waals surface area contributed by atoms with E-state index in [0.717, 1.165) is 30.1 Å². The number of hydrogen-bond donors (Lipinski definition) is 1. The predicted octanol–water partition coefficient (Wildman–Crippen LogP) is 3.40. The number of benzene rings is 1. The smallest absolute Gasteiger partial charge is 0.244 e. The van der Waals surface area contributed by atoms with Crippen LogP contribution in [0.25, 0.3) is 6.08 Å². The standard InChI is InChI=1S/C17H23NO2/c1-13-6-9-15(10-7-13)18-17(19)11-8-14-4-3-5-16(12-14)20-2/h3-5,8,11-13,15H,6-7,9-10H2,1-2H3,(H,18,19)/b11-8+. The second-order valence-electron chi connectivity index (χ2n) is 5.58. The Balaban J connectivity index is 1.85. The van der Waals surface area contributed by atoms with E-state index in [1.54, 1.807) is 13.2 Å². The van der Waals surface area contributed by atoms with Crippen LogP contribution in [-0.2, 0) is 4.79 Å². The molecule has 0 heterocycles. The second-order valence-corrected chi connectivity index (χ2v) is 5.58. The largest absolute Gasteiger partial charge is 0.497 e. The van der Waals surface area contributed by atoms with E-state index in [4.69, 9.17) is 4.74 Å². The fourth-order valence-electron chi connectivity index (χ4n) is 2.57. The van der Waals surface area contributed by atoms with E-state index in [9.17, 15) is 4.79 Å². The second kappa shape index (κ2) is 7.13. The van der Waals surface area contributed by atoms with Crippen LogP contribution in [0.5, 0.6) is 5.75 Å². The minimum atomic E-state index is -0.00706. The number of rotatable bonds is 4. The van der Waals surface area contributed by atoms with Gasteiger partial charge >= 0.3 is 0 Å². The first kappa shape index (κ1) is 14.6. The molecule has 0 unspecified atom stereocenters. The summed E-state index contributed by atoms with van der Waals surface area (Å²) in [6.07, 6.45) is 8.05. The zero-order chi connectivity index (χ0) is 14.4. The first-order valence-electron chi connectivity index (χ1n) is 7.30. The molecule has 1 amide bonds. The van der Waals surface area contributed by atoms with Gasteiger partial charge in [-0.25, -0.2) is 0 Å². The van der Waals surface area contributed by atoms with Crippen molar-refractivity contribution in [1.29, 1.82) is 0 Å². The van der Waals surface area contributed by atoms with E-state index in [1.165, 1.54) is 12.8 Å². The van der Waals surface area contributed by atoms with Gasteiger partial charge < -0.3 is 10.1 Å². The molecule has 3 nitrogen and oxygen atoms in total. The van der Waals surface area contributed by atoms with E-state index in [-0.39, 0.29) is 5.91 Å². The van der Waals surface area contributed by atoms with Crippen LogP contribution in [-0.4, -0.2) is 19.1 Å². The lowest BCUT2D eigenvalue weighted by molar-refractivity contribution is -0.117. The molecule has 1 aliphatic rings. The monoisotopic (exact) mass is 273 g/mol. The van der Waals surface area contributed by atoms with Gasteiger partial charge in [-0.05, 0) is 55.4 Å². The summed E-state index contributed by atoms with van der Waals surface area (Å²) >= 11 is 0. The van der Waals surface area contributed by atoms with Crippen molar-refractivity contribution in [3.05, 3.63) is 35.9 Å². The van der Waals surface area contributed by atoms with Crippen LogP contribution in [0.4, 0.5) is 0 Å². The zero-order valence-corrected chi connectivity index (χ0v) is 12.3. The topological polar surface area (TPSA) is 38.3 Å². The fraction of sp³-hybridized carbons (Fsp3) is 0.471. The molecule has 0 aromatic heterocycles. The van der Waals surface area contributed by atoms with Crippen molar-refractivity contribution in [3.63, 3.8) is 0 Å². The van der Waals surface area contributed by atoms with Crippen LogP contribution in [0, 0.1) is 5.92 Å². The summed E-state index contributed by atoms with van der Waals surface area (Å²) in [6, 6.07) is 8.01. The zero-order valence-electron chi connectivity index (χ0n) is 12.3. The van der Waals surface area contributed by atoms with Gasteiger partial charge in [0.05, 0.1) is 7.11 Å². The molecule has 2 rings (SSSR count). The number of carbonyl (C=O) groups is 1. The van der Waals surface area contributed by atoms with Gasteiger partial charge in [0.15, 0.2) is 0 Å². The van der Waals surface area contributed by atoms with Gasteiger partial charge in [-0.1, -0.05) is 19.1 Å². The van der Waals surface area contributed by atoms with Gasteiger partial charge in [-0.3, -0.25) is 4.79 Å². The van der Waals surface area contributed by atoms with Crippen LogP contribution in [0.1, 0.15) is 38.2 Å². The molecule has 1 fully saturated rings. The summed E-state index contributed by atoms with van der Waals surface area (Å²) in [6.45, 7) is 2.28. The molecule has 3 heteroatoms. The van der Waals surface area contributed by atoms with E-state index >= 15 is 0 Å². The molecule has 1 N–H and O–H groups in total. The van der Waals surface area contributed by atoms with Gasteiger partial charge in [0, 0.05) is 12.1 Å².